The molecule has 0 saturated heterocycles. The van der Waals surface area contributed by atoms with Crippen molar-refractivity contribution in [3.63, 3.8) is 0 Å². The number of rotatable bonds is 1. The number of thioether (sulfide) groups is 1. The summed E-state index contributed by atoms with van der Waals surface area (Å²) in [4.78, 5) is 4.23. The Morgan fingerprint density at radius 1 is 1.86 bits per heavy atom. The molecular weight excluding hydrogens is 101 g/mol. The van der Waals surface area contributed by atoms with Crippen molar-refractivity contribution in [2.45, 2.75) is 5.09 Å². The average Bonchev–Trinajstić information content (AvgIpc) is 2.14. The van der Waals surface area contributed by atoms with Crippen LogP contribution in [0, 0.1) is 0 Å². The zero-order chi connectivity index (χ0) is 5.11. The molecule has 1 aliphatic rings. The van der Waals surface area contributed by atoms with E-state index < -0.39 is 0 Å². The third-order valence-corrected chi connectivity index (χ3v) is 2.09. The molecule has 0 aromatic heterocycles. The average molecular weight is 107 g/mol. The van der Waals surface area contributed by atoms with Crippen LogP contribution in [-0.2, 0) is 0 Å². The molecular formula is C4H6LiNS. The fourth-order valence-electron chi connectivity index (χ4n) is 0.593. The summed E-state index contributed by atoms with van der Waals surface area (Å²) in [6.45, 7) is 1.05. The standard InChI is InChI=1S/C4H6NS.Li/c1-4-5-2-3-6-4;/h1-3H2;. The van der Waals surface area contributed by atoms with Gasteiger partial charge in [-0.3, -0.25) is 0 Å². The number of nitrogens with zero attached hydrogens (tertiary/aromatic N) is 1. The van der Waals surface area contributed by atoms with E-state index >= 15 is 0 Å². The Hall–Kier alpha value is 0.617. The van der Waals surface area contributed by atoms with Crippen LogP contribution in [0.3, 0.4) is 0 Å². The Balaban J connectivity index is 2.36. The van der Waals surface area contributed by atoms with Gasteiger partial charge >= 0.3 is 56.9 Å². The van der Waals surface area contributed by atoms with E-state index in [0.717, 1.165) is 11.6 Å². The van der Waals surface area contributed by atoms with Crippen LogP contribution in [0.15, 0.2) is 4.99 Å². The van der Waals surface area contributed by atoms with Crippen molar-refractivity contribution in [1.82, 2.24) is 0 Å². The molecule has 0 aromatic rings. The first-order valence-electron chi connectivity index (χ1n) is 2.59. The van der Waals surface area contributed by atoms with Crippen LogP contribution in [0.25, 0.3) is 0 Å². The number of aliphatic imine (C=N–C) groups is 1. The van der Waals surface area contributed by atoms with E-state index in [-0.39, 0.29) is 0 Å². The van der Waals surface area contributed by atoms with Gasteiger partial charge in [0.2, 0.25) is 0 Å². The molecule has 0 saturated carbocycles. The van der Waals surface area contributed by atoms with Gasteiger partial charge in [0.05, 0.1) is 0 Å². The predicted octanol–water partition coefficient (Wildman–Crippen LogP) is 0.718. The summed E-state index contributed by atoms with van der Waals surface area (Å²) in [5.41, 5.74) is 0. The van der Waals surface area contributed by atoms with Gasteiger partial charge in [-0.25, -0.2) is 0 Å². The monoisotopic (exact) mass is 107 g/mol. The van der Waals surface area contributed by atoms with Crippen molar-refractivity contribution in [3.8, 4) is 0 Å². The molecule has 1 rings (SSSR count). The molecule has 0 radical (unpaired) electrons. The molecule has 0 unspecified atom stereocenters. The fraction of sp³-hybridized carbons (Fsp3) is 0.750. The van der Waals surface area contributed by atoms with Crippen molar-refractivity contribution >= 4 is 34.5 Å². The summed E-state index contributed by atoms with van der Waals surface area (Å²) < 4.78 is 0. The van der Waals surface area contributed by atoms with Crippen LogP contribution in [0.1, 0.15) is 0 Å². The molecule has 1 aliphatic heterocycles. The summed E-state index contributed by atoms with van der Waals surface area (Å²) in [5.74, 6) is 1.21. The Bertz CT molecular complexity index is 91.7. The van der Waals surface area contributed by atoms with Crippen molar-refractivity contribution < 1.29 is 0 Å². The minimum absolute atomic E-state index is 1.05. The summed E-state index contributed by atoms with van der Waals surface area (Å²) in [6, 6.07) is 0. The summed E-state index contributed by atoms with van der Waals surface area (Å²) in [6.07, 6.45) is 0. The maximum atomic E-state index is 4.23. The molecule has 34 valence electrons. The zero-order valence-corrected chi connectivity index (χ0v) is 5.29. The van der Waals surface area contributed by atoms with Gasteiger partial charge in [0.25, 0.3) is 0 Å². The molecule has 3 heteroatoms. The molecule has 7 heavy (non-hydrogen) atoms. The van der Waals surface area contributed by atoms with E-state index in [1.165, 1.54) is 10.8 Å². The first-order valence-corrected chi connectivity index (χ1v) is 3.58. The van der Waals surface area contributed by atoms with Crippen LogP contribution in [-0.4, -0.2) is 35.1 Å². The van der Waals surface area contributed by atoms with Crippen LogP contribution in [0.4, 0.5) is 0 Å². The van der Waals surface area contributed by atoms with E-state index in [2.05, 4.69) is 22.7 Å². The van der Waals surface area contributed by atoms with E-state index in [9.17, 15) is 0 Å². The normalized spacial score (nSPS) is 20.0. The predicted molar refractivity (Wildman–Crippen MR) is 35.3 cm³/mol. The summed E-state index contributed by atoms with van der Waals surface area (Å²) >= 11 is 4.04. The van der Waals surface area contributed by atoms with Crippen molar-refractivity contribution in [3.05, 3.63) is 0 Å². The SMILES string of the molecule is [Li][CH2]C1=NCCS1. The Morgan fingerprint density at radius 3 is 3.00 bits per heavy atom. The van der Waals surface area contributed by atoms with Crippen LogP contribution < -0.4 is 0 Å². The van der Waals surface area contributed by atoms with Crippen LogP contribution >= 0.6 is 11.8 Å². The van der Waals surface area contributed by atoms with Gasteiger partial charge < -0.3 is 0 Å². The second kappa shape index (κ2) is 2.81. The quantitative estimate of drug-likeness (QED) is 0.450. The van der Waals surface area contributed by atoms with E-state index in [0.29, 0.717) is 0 Å². The Labute approximate surface area is 57.2 Å². The first-order chi connectivity index (χ1) is 3.43. The molecule has 0 aliphatic carbocycles. The van der Waals surface area contributed by atoms with Crippen molar-refractivity contribution in [2.75, 3.05) is 12.3 Å². The van der Waals surface area contributed by atoms with Crippen molar-refractivity contribution in [1.29, 1.82) is 0 Å². The van der Waals surface area contributed by atoms with Crippen LogP contribution in [0.5, 0.6) is 0 Å². The molecule has 1 nitrogen and oxygen atoms in total. The van der Waals surface area contributed by atoms with Crippen molar-refractivity contribution in [2.24, 2.45) is 4.99 Å². The first kappa shape index (κ1) is 5.75. The molecule has 0 bridgehead atoms. The van der Waals surface area contributed by atoms with E-state index in [1.807, 2.05) is 11.8 Å². The molecule has 0 aromatic carbocycles. The molecule has 1 heterocycles. The van der Waals surface area contributed by atoms with E-state index in [4.69, 9.17) is 0 Å². The third-order valence-electron chi connectivity index (χ3n) is 0.951. The van der Waals surface area contributed by atoms with Gasteiger partial charge in [0.15, 0.2) is 0 Å². The number of hydrogen-bond donors (Lipinski definition) is 0. The van der Waals surface area contributed by atoms with Gasteiger partial charge in [-0.1, -0.05) is 0 Å². The number of hydrogen-bond acceptors (Lipinski definition) is 2. The molecule has 0 amide bonds. The van der Waals surface area contributed by atoms with Gasteiger partial charge in [0, 0.05) is 0 Å². The van der Waals surface area contributed by atoms with E-state index in [1.54, 1.807) is 0 Å². The molecule has 0 N–H and O–H groups in total. The second-order valence-electron chi connectivity index (χ2n) is 1.48. The maximum absolute atomic E-state index is 4.23. The second-order valence-corrected chi connectivity index (χ2v) is 2.65. The summed E-state index contributed by atoms with van der Waals surface area (Å²) in [5, 5.41) is 2.46. The molecule has 0 atom stereocenters. The summed E-state index contributed by atoms with van der Waals surface area (Å²) in [7, 11) is 0. The molecule has 0 fully saturated rings. The van der Waals surface area contributed by atoms with Gasteiger partial charge in [-0.05, 0) is 0 Å². The topological polar surface area (TPSA) is 12.4 Å². The van der Waals surface area contributed by atoms with Gasteiger partial charge in [0.1, 0.15) is 0 Å². The minimum atomic E-state index is 1.05. The Morgan fingerprint density at radius 2 is 2.71 bits per heavy atom. The fourth-order valence-corrected chi connectivity index (χ4v) is 1.40. The Kier molecular flexibility index (Phi) is 2.31. The zero-order valence-electron chi connectivity index (χ0n) is 4.48. The third kappa shape index (κ3) is 1.53. The molecule has 0 spiro atoms. The van der Waals surface area contributed by atoms with Gasteiger partial charge in [-0.15, -0.1) is 0 Å². The van der Waals surface area contributed by atoms with Crippen LogP contribution in [0.2, 0.25) is 5.09 Å². The van der Waals surface area contributed by atoms with Gasteiger partial charge in [-0.2, -0.15) is 0 Å².